The summed E-state index contributed by atoms with van der Waals surface area (Å²) < 4.78 is 5.31. The van der Waals surface area contributed by atoms with Gasteiger partial charge in [-0.3, -0.25) is 9.80 Å². The Morgan fingerprint density at radius 3 is 2.53 bits per heavy atom. The maximum Gasteiger partial charge on any atom is 0.411 e. The Morgan fingerprint density at radius 1 is 1.26 bits per heavy atom. The highest BCUT2D eigenvalue weighted by Crippen LogP contribution is 2.26. The second-order valence-corrected chi connectivity index (χ2v) is 6.28. The molecule has 1 amide bonds. The smallest absolute Gasteiger partial charge is 0.411 e. The van der Waals surface area contributed by atoms with Gasteiger partial charge in [-0.2, -0.15) is 0 Å². The van der Waals surface area contributed by atoms with Crippen LogP contribution >= 0.6 is 0 Å². The van der Waals surface area contributed by atoms with E-state index in [2.05, 4.69) is 4.90 Å². The highest BCUT2D eigenvalue weighted by Gasteiger charge is 2.43. The van der Waals surface area contributed by atoms with Crippen molar-refractivity contribution in [3.63, 3.8) is 0 Å². The van der Waals surface area contributed by atoms with E-state index in [0.717, 1.165) is 19.4 Å². The summed E-state index contributed by atoms with van der Waals surface area (Å²) in [4.78, 5) is 27.0. The van der Waals surface area contributed by atoms with Crippen molar-refractivity contribution in [1.82, 2.24) is 9.80 Å². The molecule has 0 spiro atoms. The molecule has 0 aromatic heterocycles. The van der Waals surface area contributed by atoms with Crippen LogP contribution in [0.1, 0.15) is 33.6 Å². The lowest BCUT2D eigenvalue weighted by Crippen LogP contribution is -2.61. The highest BCUT2D eigenvalue weighted by molar-refractivity contribution is 5.80. The van der Waals surface area contributed by atoms with Gasteiger partial charge in [-0.25, -0.2) is 9.59 Å². The predicted octanol–water partition coefficient (Wildman–Crippen LogP) is 1.15. The first kappa shape index (κ1) is 14.1. The largest absolute Gasteiger partial charge is 0.480 e. The monoisotopic (exact) mass is 270 g/mol. The summed E-state index contributed by atoms with van der Waals surface area (Å²) in [5, 5.41) is 9.30. The SMILES string of the molecule is CC(C)(C)OC(=O)N1CC2CCCN2CC1C(=O)O. The normalized spacial score (nSPS) is 28.1. The maximum atomic E-state index is 12.1. The number of nitrogens with zero attached hydrogens (tertiary/aromatic N) is 2. The van der Waals surface area contributed by atoms with E-state index in [1.807, 2.05) is 0 Å². The van der Waals surface area contributed by atoms with Crippen LogP contribution in [0.4, 0.5) is 4.79 Å². The second-order valence-electron chi connectivity index (χ2n) is 6.28. The molecule has 6 nitrogen and oxygen atoms in total. The van der Waals surface area contributed by atoms with E-state index in [4.69, 9.17) is 4.74 Å². The Bertz CT molecular complexity index is 377. The zero-order valence-corrected chi connectivity index (χ0v) is 11.8. The van der Waals surface area contributed by atoms with Crippen molar-refractivity contribution in [2.24, 2.45) is 0 Å². The molecular weight excluding hydrogens is 248 g/mol. The van der Waals surface area contributed by atoms with Crippen molar-refractivity contribution in [2.75, 3.05) is 19.6 Å². The number of carboxylic acids is 1. The van der Waals surface area contributed by atoms with Crippen LogP contribution in [0.15, 0.2) is 0 Å². The van der Waals surface area contributed by atoms with E-state index >= 15 is 0 Å². The number of rotatable bonds is 1. The summed E-state index contributed by atoms with van der Waals surface area (Å²) in [6, 6.07) is -0.521. The van der Waals surface area contributed by atoms with Crippen molar-refractivity contribution in [2.45, 2.75) is 51.3 Å². The summed E-state index contributed by atoms with van der Waals surface area (Å²) in [5.41, 5.74) is -0.604. The molecule has 2 aliphatic rings. The molecule has 0 aromatic rings. The van der Waals surface area contributed by atoms with Gasteiger partial charge in [0, 0.05) is 19.1 Å². The number of piperazine rings is 1. The third kappa shape index (κ3) is 3.18. The number of ether oxygens (including phenoxy) is 1. The number of carboxylic acid groups (broad SMARTS) is 1. The van der Waals surface area contributed by atoms with E-state index < -0.39 is 23.7 Å². The van der Waals surface area contributed by atoms with Crippen LogP contribution in [0.25, 0.3) is 0 Å². The number of hydrogen-bond acceptors (Lipinski definition) is 4. The van der Waals surface area contributed by atoms with Gasteiger partial charge in [0.15, 0.2) is 0 Å². The van der Waals surface area contributed by atoms with E-state index in [1.54, 1.807) is 20.8 Å². The summed E-state index contributed by atoms with van der Waals surface area (Å²) in [6.45, 7) is 7.13. The van der Waals surface area contributed by atoms with Crippen LogP contribution in [0.3, 0.4) is 0 Å². The number of carbonyl (C=O) groups is 2. The van der Waals surface area contributed by atoms with Crippen molar-refractivity contribution in [1.29, 1.82) is 0 Å². The summed E-state index contributed by atoms with van der Waals surface area (Å²) >= 11 is 0. The molecule has 2 saturated heterocycles. The zero-order chi connectivity index (χ0) is 14.2. The number of amides is 1. The predicted molar refractivity (Wildman–Crippen MR) is 69.0 cm³/mol. The number of aliphatic carboxylic acids is 1. The molecule has 6 heteroatoms. The minimum Gasteiger partial charge on any atom is -0.480 e. The first-order chi connectivity index (χ1) is 8.78. The molecule has 0 radical (unpaired) electrons. The van der Waals surface area contributed by atoms with E-state index in [9.17, 15) is 14.7 Å². The third-order valence-electron chi connectivity index (χ3n) is 3.60. The number of carbonyl (C=O) groups excluding carboxylic acids is 1. The van der Waals surface area contributed by atoms with Gasteiger partial charge in [-0.15, -0.1) is 0 Å². The molecule has 1 N–H and O–H groups in total. The van der Waals surface area contributed by atoms with E-state index in [0.29, 0.717) is 13.1 Å². The van der Waals surface area contributed by atoms with Gasteiger partial charge in [0.2, 0.25) is 0 Å². The molecule has 0 saturated carbocycles. The third-order valence-corrected chi connectivity index (χ3v) is 3.60. The zero-order valence-electron chi connectivity index (χ0n) is 11.8. The molecule has 108 valence electrons. The van der Waals surface area contributed by atoms with Gasteiger partial charge in [-0.1, -0.05) is 0 Å². The van der Waals surface area contributed by atoms with E-state index in [1.165, 1.54) is 4.90 Å². The van der Waals surface area contributed by atoms with Crippen molar-refractivity contribution < 1.29 is 19.4 Å². The Hall–Kier alpha value is -1.30. The molecule has 0 bridgehead atoms. The molecule has 19 heavy (non-hydrogen) atoms. The first-order valence-corrected chi connectivity index (χ1v) is 6.74. The minimum atomic E-state index is -0.962. The fraction of sp³-hybridized carbons (Fsp3) is 0.846. The summed E-state index contributed by atoms with van der Waals surface area (Å²) in [5.74, 6) is -0.962. The van der Waals surface area contributed by atoms with Gasteiger partial charge in [0.25, 0.3) is 0 Å². The lowest BCUT2D eigenvalue weighted by Gasteiger charge is -2.41. The van der Waals surface area contributed by atoms with Crippen molar-refractivity contribution in [3.05, 3.63) is 0 Å². The molecule has 2 unspecified atom stereocenters. The lowest BCUT2D eigenvalue weighted by molar-refractivity contribution is -0.146. The molecule has 2 heterocycles. The average Bonchev–Trinajstić information content (AvgIpc) is 2.71. The average molecular weight is 270 g/mol. The highest BCUT2D eigenvalue weighted by atomic mass is 16.6. The Labute approximate surface area is 113 Å². The Balaban J connectivity index is 2.11. The Kier molecular flexibility index (Phi) is 3.71. The van der Waals surface area contributed by atoms with Crippen LogP contribution in [-0.4, -0.2) is 64.3 Å². The standard InChI is InChI=1S/C13H22N2O4/c1-13(2,3)19-12(18)15-7-9-5-4-6-14(9)8-10(15)11(16)17/h9-10H,4-8H2,1-3H3,(H,16,17). The molecular formula is C13H22N2O4. The van der Waals surface area contributed by atoms with Gasteiger partial charge >= 0.3 is 12.1 Å². The van der Waals surface area contributed by atoms with Crippen LogP contribution in [0, 0.1) is 0 Å². The van der Waals surface area contributed by atoms with Crippen molar-refractivity contribution in [3.8, 4) is 0 Å². The van der Waals surface area contributed by atoms with Crippen LogP contribution in [-0.2, 0) is 9.53 Å². The topological polar surface area (TPSA) is 70.1 Å². The lowest BCUT2D eigenvalue weighted by atomic mass is 10.1. The minimum absolute atomic E-state index is 0.281. The molecule has 2 atom stereocenters. The maximum absolute atomic E-state index is 12.1. The quantitative estimate of drug-likeness (QED) is 0.774. The molecule has 2 aliphatic heterocycles. The van der Waals surface area contributed by atoms with Gasteiger partial charge < -0.3 is 9.84 Å². The van der Waals surface area contributed by atoms with Crippen LogP contribution in [0.5, 0.6) is 0 Å². The summed E-state index contributed by atoms with van der Waals surface area (Å²) in [6.07, 6.45) is 1.57. The Morgan fingerprint density at radius 2 is 1.95 bits per heavy atom. The first-order valence-electron chi connectivity index (χ1n) is 6.74. The van der Waals surface area contributed by atoms with Crippen LogP contribution < -0.4 is 0 Å². The second kappa shape index (κ2) is 5.00. The fourth-order valence-corrected chi connectivity index (χ4v) is 2.75. The van der Waals surface area contributed by atoms with Gasteiger partial charge in [-0.05, 0) is 40.2 Å². The van der Waals surface area contributed by atoms with Crippen molar-refractivity contribution >= 4 is 12.1 Å². The van der Waals surface area contributed by atoms with Crippen LogP contribution in [0.2, 0.25) is 0 Å². The molecule has 0 aromatic carbocycles. The van der Waals surface area contributed by atoms with Gasteiger partial charge in [0.05, 0.1) is 0 Å². The fourth-order valence-electron chi connectivity index (χ4n) is 2.75. The number of fused-ring (bicyclic) bond motifs is 1. The number of hydrogen-bond donors (Lipinski definition) is 1. The molecule has 2 fully saturated rings. The van der Waals surface area contributed by atoms with Gasteiger partial charge in [0.1, 0.15) is 11.6 Å². The molecule has 0 aliphatic carbocycles. The van der Waals surface area contributed by atoms with E-state index in [-0.39, 0.29) is 6.04 Å². The summed E-state index contributed by atoms with van der Waals surface area (Å²) in [7, 11) is 0. The molecule has 2 rings (SSSR count).